The highest BCUT2D eigenvalue weighted by Gasteiger charge is 2.25. The predicted octanol–water partition coefficient (Wildman–Crippen LogP) is 3.25. The molecule has 0 saturated heterocycles. The highest BCUT2D eigenvalue weighted by atomic mass is 16.4. The molecule has 0 aromatic carbocycles. The van der Waals surface area contributed by atoms with Crippen LogP contribution in [0.25, 0.3) is 0 Å². The van der Waals surface area contributed by atoms with Crippen LogP contribution in [-0.2, 0) is 4.79 Å². The summed E-state index contributed by atoms with van der Waals surface area (Å²) >= 11 is 0. The molecule has 0 amide bonds. The highest BCUT2D eigenvalue weighted by molar-refractivity contribution is 5.73. The van der Waals surface area contributed by atoms with Crippen LogP contribution in [0.3, 0.4) is 0 Å². The number of carboxylic acid groups (broad SMARTS) is 1. The minimum Gasteiger partial charge on any atom is -0.481 e. The van der Waals surface area contributed by atoms with Gasteiger partial charge < -0.3 is 10.0 Å². The van der Waals surface area contributed by atoms with Crippen molar-refractivity contribution in [1.82, 2.24) is 4.90 Å². The van der Waals surface area contributed by atoms with Crippen molar-refractivity contribution in [2.24, 2.45) is 11.3 Å². The molecule has 102 valence electrons. The minimum atomic E-state index is -0.689. The maximum Gasteiger partial charge on any atom is 0.309 e. The Bertz CT molecular complexity index is 224. The Balaban J connectivity index is 3.61. The molecular formula is C14H29NO2. The van der Waals surface area contributed by atoms with E-state index in [2.05, 4.69) is 25.8 Å². The molecule has 0 saturated carbocycles. The van der Waals surface area contributed by atoms with Gasteiger partial charge in [0.2, 0.25) is 0 Å². The van der Waals surface area contributed by atoms with Gasteiger partial charge in [-0.05, 0) is 59.2 Å². The quantitative estimate of drug-likeness (QED) is 0.632. The van der Waals surface area contributed by atoms with Crippen LogP contribution in [0.4, 0.5) is 0 Å². The van der Waals surface area contributed by atoms with E-state index in [1.807, 2.05) is 0 Å². The lowest BCUT2D eigenvalue weighted by atomic mass is 9.87. The van der Waals surface area contributed by atoms with Crippen LogP contribution in [0.2, 0.25) is 0 Å². The van der Waals surface area contributed by atoms with Crippen LogP contribution in [0.15, 0.2) is 0 Å². The Morgan fingerprint density at radius 3 is 2.29 bits per heavy atom. The molecule has 0 atom stereocenters. The summed E-state index contributed by atoms with van der Waals surface area (Å²) in [5.41, 5.74) is -0.573. The Kier molecular flexibility index (Phi) is 7.44. The van der Waals surface area contributed by atoms with Crippen LogP contribution in [-0.4, -0.2) is 36.1 Å². The average Bonchev–Trinajstić information content (AvgIpc) is 2.21. The maximum absolute atomic E-state index is 10.9. The van der Waals surface area contributed by atoms with E-state index >= 15 is 0 Å². The molecule has 0 aliphatic heterocycles. The second-order valence-corrected chi connectivity index (χ2v) is 6.13. The van der Waals surface area contributed by atoms with E-state index in [9.17, 15) is 4.79 Å². The van der Waals surface area contributed by atoms with Gasteiger partial charge in [-0.25, -0.2) is 0 Å². The van der Waals surface area contributed by atoms with Gasteiger partial charge in [-0.3, -0.25) is 4.79 Å². The van der Waals surface area contributed by atoms with Crippen molar-refractivity contribution in [3.8, 4) is 0 Å². The molecular weight excluding hydrogens is 214 g/mol. The standard InChI is InChI=1S/C14H29NO2/c1-12(2)8-11-15(5)10-7-6-9-14(3,4)13(16)17/h12H,6-11H2,1-5H3,(H,16,17). The van der Waals surface area contributed by atoms with Gasteiger partial charge in [0.1, 0.15) is 0 Å². The van der Waals surface area contributed by atoms with Crippen LogP contribution < -0.4 is 0 Å². The summed E-state index contributed by atoms with van der Waals surface area (Å²) in [6.07, 6.45) is 4.08. The molecule has 0 aromatic rings. The molecule has 1 N–H and O–H groups in total. The minimum absolute atomic E-state index is 0.573. The number of unbranched alkanes of at least 4 members (excludes halogenated alkanes) is 1. The van der Waals surface area contributed by atoms with E-state index in [1.54, 1.807) is 13.8 Å². The third-order valence-corrected chi connectivity index (χ3v) is 3.26. The van der Waals surface area contributed by atoms with Crippen molar-refractivity contribution in [3.05, 3.63) is 0 Å². The number of hydrogen-bond donors (Lipinski definition) is 1. The van der Waals surface area contributed by atoms with E-state index in [0.717, 1.165) is 38.3 Å². The second kappa shape index (κ2) is 7.70. The number of carboxylic acids is 1. The SMILES string of the molecule is CC(C)CCN(C)CCCCC(C)(C)C(=O)O. The maximum atomic E-state index is 10.9. The van der Waals surface area contributed by atoms with Gasteiger partial charge in [0, 0.05) is 0 Å². The third kappa shape index (κ3) is 8.19. The second-order valence-electron chi connectivity index (χ2n) is 6.13. The van der Waals surface area contributed by atoms with Gasteiger partial charge in [0.15, 0.2) is 0 Å². The van der Waals surface area contributed by atoms with Gasteiger partial charge in [-0.15, -0.1) is 0 Å². The molecule has 0 aromatic heterocycles. The summed E-state index contributed by atoms with van der Waals surface area (Å²) in [6, 6.07) is 0. The van der Waals surface area contributed by atoms with Gasteiger partial charge >= 0.3 is 5.97 Å². The highest BCUT2D eigenvalue weighted by Crippen LogP contribution is 2.23. The topological polar surface area (TPSA) is 40.5 Å². The zero-order valence-corrected chi connectivity index (χ0v) is 12.1. The molecule has 0 rings (SSSR count). The van der Waals surface area contributed by atoms with Crippen molar-refractivity contribution < 1.29 is 9.90 Å². The van der Waals surface area contributed by atoms with E-state index in [-0.39, 0.29) is 0 Å². The molecule has 0 fully saturated rings. The molecule has 3 heteroatoms. The average molecular weight is 243 g/mol. The number of nitrogens with zero attached hydrogens (tertiary/aromatic N) is 1. The fourth-order valence-corrected chi connectivity index (χ4v) is 1.65. The largest absolute Gasteiger partial charge is 0.481 e. The predicted molar refractivity (Wildman–Crippen MR) is 72.2 cm³/mol. The monoisotopic (exact) mass is 243 g/mol. The smallest absolute Gasteiger partial charge is 0.309 e. The van der Waals surface area contributed by atoms with Crippen molar-refractivity contribution in [1.29, 1.82) is 0 Å². The Morgan fingerprint density at radius 1 is 1.24 bits per heavy atom. The summed E-state index contributed by atoms with van der Waals surface area (Å²) in [7, 11) is 2.14. The van der Waals surface area contributed by atoms with Crippen molar-refractivity contribution in [3.63, 3.8) is 0 Å². The molecule has 0 spiro atoms. The first-order valence-electron chi connectivity index (χ1n) is 6.67. The van der Waals surface area contributed by atoms with Crippen LogP contribution >= 0.6 is 0 Å². The summed E-state index contributed by atoms with van der Waals surface area (Å²) in [5, 5.41) is 8.98. The van der Waals surface area contributed by atoms with Gasteiger partial charge in [0.05, 0.1) is 5.41 Å². The molecule has 0 unspecified atom stereocenters. The van der Waals surface area contributed by atoms with E-state index < -0.39 is 11.4 Å². The summed E-state index contributed by atoms with van der Waals surface area (Å²) in [4.78, 5) is 13.3. The molecule has 0 bridgehead atoms. The van der Waals surface area contributed by atoms with Crippen molar-refractivity contribution in [2.45, 2.75) is 53.4 Å². The van der Waals surface area contributed by atoms with Crippen LogP contribution in [0, 0.1) is 11.3 Å². The third-order valence-electron chi connectivity index (χ3n) is 3.26. The summed E-state index contributed by atoms with van der Waals surface area (Å²) < 4.78 is 0. The van der Waals surface area contributed by atoms with Gasteiger partial charge in [0.25, 0.3) is 0 Å². The number of aliphatic carboxylic acids is 1. The van der Waals surface area contributed by atoms with Gasteiger partial charge in [-0.2, -0.15) is 0 Å². The number of rotatable bonds is 9. The lowest BCUT2D eigenvalue weighted by Crippen LogP contribution is -2.25. The number of carbonyl (C=O) groups is 1. The lowest BCUT2D eigenvalue weighted by molar-refractivity contribution is -0.147. The Hall–Kier alpha value is -0.570. The molecule has 17 heavy (non-hydrogen) atoms. The first-order valence-corrected chi connectivity index (χ1v) is 6.67. The van der Waals surface area contributed by atoms with Gasteiger partial charge in [-0.1, -0.05) is 20.3 Å². The fourth-order valence-electron chi connectivity index (χ4n) is 1.65. The molecule has 0 radical (unpaired) electrons. The Labute approximate surface area is 106 Å². The zero-order valence-electron chi connectivity index (χ0n) is 12.1. The fraction of sp³-hybridized carbons (Fsp3) is 0.929. The first-order chi connectivity index (χ1) is 7.75. The van der Waals surface area contributed by atoms with E-state index in [4.69, 9.17) is 5.11 Å². The molecule has 0 aliphatic rings. The van der Waals surface area contributed by atoms with E-state index in [1.165, 1.54) is 6.42 Å². The summed E-state index contributed by atoms with van der Waals surface area (Å²) in [5.74, 6) is 0.0639. The molecule has 0 aliphatic carbocycles. The van der Waals surface area contributed by atoms with Crippen LogP contribution in [0.1, 0.15) is 53.4 Å². The Morgan fingerprint density at radius 2 is 1.82 bits per heavy atom. The van der Waals surface area contributed by atoms with Crippen molar-refractivity contribution in [2.75, 3.05) is 20.1 Å². The lowest BCUT2D eigenvalue weighted by Gasteiger charge is -2.21. The first kappa shape index (κ1) is 16.4. The molecule has 0 heterocycles. The van der Waals surface area contributed by atoms with E-state index in [0.29, 0.717) is 0 Å². The van der Waals surface area contributed by atoms with Crippen LogP contribution in [0.5, 0.6) is 0 Å². The number of hydrogen-bond acceptors (Lipinski definition) is 2. The zero-order chi connectivity index (χ0) is 13.5. The molecule has 3 nitrogen and oxygen atoms in total. The van der Waals surface area contributed by atoms with Crippen molar-refractivity contribution >= 4 is 5.97 Å². The summed E-state index contributed by atoms with van der Waals surface area (Å²) in [6.45, 7) is 10.3. The normalized spacial score (nSPS) is 12.4.